The third kappa shape index (κ3) is 2.82. The average Bonchev–Trinajstić information content (AvgIpc) is 2.55. The Bertz CT molecular complexity index is 692. The van der Waals surface area contributed by atoms with E-state index < -0.39 is 0 Å². The van der Waals surface area contributed by atoms with Gasteiger partial charge in [0.15, 0.2) is 0 Å². The second-order valence-electron chi connectivity index (χ2n) is 6.16. The van der Waals surface area contributed by atoms with Crippen LogP contribution in [-0.4, -0.2) is 0 Å². The Morgan fingerprint density at radius 3 is 1.41 bits per heavy atom. The molecule has 0 saturated carbocycles. The van der Waals surface area contributed by atoms with Crippen molar-refractivity contribution in [3.8, 4) is 22.3 Å². The van der Waals surface area contributed by atoms with Gasteiger partial charge in [0.1, 0.15) is 0 Å². The Kier molecular flexibility index (Phi) is 4.11. The number of aryl methyl sites for hydroxylation is 1. The predicted octanol–water partition coefficient (Wildman–Crippen LogP) is 6.45. The Hall–Kier alpha value is -2.34. The van der Waals surface area contributed by atoms with Crippen molar-refractivity contribution in [2.75, 3.05) is 0 Å². The molecule has 3 aromatic carbocycles. The van der Waals surface area contributed by atoms with Crippen LogP contribution in [0.1, 0.15) is 30.9 Å². The van der Waals surface area contributed by atoms with Crippen molar-refractivity contribution < 1.29 is 0 Å². The smallest absolute Gasteiger partial charge is 0.0140 e. The molecule has 0 N–H and O–H groups in total. The topological polar surface area (TPSA) is 0 Å². The van der Waals surface area contributed by atoms with Crippen LogP contribution in [0, 0.1) is 6.92 Å². The summed E-state index contributed by atoms with van der Waals surface area (Å²) in [5.41, 5.74) is 8.05. The van der Waals surface area contributed by atoms with Crippen LogP contribution in [0.15, 0.2) is 72.8 Å². The maximum Gasteiger partial charge on any atom is -0.0140 e. The van der Waals surface area contributed by atoms with Crippen LogP contribution < -0.4 is 0 Å². The van der Waals surface area contributed by atoms with E-state index >= 15 is 0 Å². The summed E-state index contributed by atoms with van der Waals surface area (Å²) in [5, 5.41) is 0. The highest BCUT2D eigenvalue weighted by Crippen LogP contribution is 2.38. The van der Waals surface area contributed by atoms with E-state index in [-0.39, 0.29) is 0 Å². The molecule has 0 fully saturated rings. The maximum atomic E-state index is 2.32. The minimum absolute atomic E-state index is 0.478. The van der Waals surface area contributed by atoms with Crippen LogP contribution in [-0.2, 0) is 0 Å². The molecule has 0 saturated heterocycles. The van der Waals surface area contributed by atoms with Gasteiger partial charge < -0.3 is 0 Å². The molecule has 0 amide bonds. The van der Waals surface area contributed by atoms with E-state index in [1.54, 1.807) is 0 Å². The van der Waals surface area contributed by atoms with Crippen molar-refractivity contribution in [3.63, 3.8) is 0 Å². The lowest BCUT2D eigenvalue weighted by Crippen LogP contribution is -1.98. The van der Waals surface area contributed by atoms with Crippen LogP contribution in [0.4, 0.5) is 0 Å². The summed E-state index contributed by atoms with van der Waals surface area (Å²) in [7, 11) is 0. The standard InChI is InChI=1S/C22H22/c1-16(2)22-20(18-10-6-4-7-11-18)14-17(3)15-21(22)19-12-8-5-9-13-19/h4-16H,1-3H3. The summed E-state index contributed by atoms with van der Waals surface area (Å²) in [6.45, 7) is 6.75. The first-order valence-electron chi connectivity index (χ1n) is 7.92. The second kappa shape index (κ2) is 6.19. The zero-order chi connectivity index (χ0) is 15.5. The van der Waals surface area contributed by atoms with Gasteiger partial charge >= 0.3 is 0 Å². The van der Waals surface area contributed by atoms with Crippen LogP contribution in [0.3, 0.4) is 0 Å². The summed E-state index contributed by atoms with van der Waals surface area (Å²) in [4.78, 5) is 0. The van der Waals surface area contributed by atoms with Gasteiger partial charge in [0.25, 0.3) is 0 Å². The summed E-state index contributed by atoms with van der Waals surface area (Å²) >= 11 is 0. The zero-order valence-corrected chi connectivity index (χ0v) is 13.5. The molecule has 3 rings (SSSR count). The van der Waals surface area contributed by atoms with Crippen molar-refractivity contribution in [2.24, 2.45) is 0 Å². The summed E-state index contributed by atoms with van der Waals surface area (Å²) in [5.74, 6) is 0.478. The quantitative estimate of drug-likeness (QED) is 0.519. The molecule has 0 unspecified atom stereocenters. The molecule has 0 bridgehead atoms. The SMILES string of the molecule is Cc1cc(-c2ccccc2)c(C(C)C)c(-c2ccccc2)c1. The van der Waals surface area contributed by atoms with Crippen LogP contribution in [0.5, 0.6) is 0 Å². The van der Waals surface area contributed by atoms with E-state index in [1.807, 2.05) is 0 Å². The van der Waals surface area contributed by atoms with E-state index in [0.29, 0.717) is 5.92 Å². The van der Waals surface area contributed by atoms with Crippen LogP contribution in [0.2, 0.25) is 0 Å². The molecule has 0 atom stereocenters. The van der Waals surface area contributed by atoms with Crippen molar-refractivity contribution >= 4 is 0 Å². The van der Waals surface area contributed by atoms with Crippen molar-refractivity contribution in [3.05, 3.63) is 83.9 Å². The second-order valence-corrected chi connectivity index (χ2v) is 6.16. The van der Waals surface area contributed by atoms with Crippen LogP contribution in [0.25, 0.3) is 22.3 Å². The molecule has 0 radical (unpaired) electrons. The first-order valence-corrected chi connectivity index (χ1v) is 7.92. The number of benzene rings is 3. The fraction of sp³-hybridized carbons (Fsp3) is 0.182. The van der Waals surface area contributed by atoms with Gasteiger partial charge in [0.05, 0.1) is 0 Å². The molecular formula is C22H22. The molecular weight excluding hydrogens is 264 g/mol. The van der Waals surface area contributed by atoms with E-state index in [9.17, 15) is 0 Å². The van der Waals surface area contributed by atoms with Gasteiger partial charge in [-0.25, -0.2) is 0 Å². The molecule has 22 heavy (non-hydrogen) atoms. The minimum Gasteiger partial charge on any atom is -0.0622 e. The number of rotatable bonds is 3. The highest BCUT2D eigenvalue weighted by molar-refractivity contribution is 5.80. The Labute approximate surface area is 133 Å². The fourth-order valence-electron chi connectivity index (χ4n) is 3.13. The molecule has 0 aromatic heterocycles. The van der Waals surface area contributed by atoms with Crippen LogP contribution >= 0.6 is 0 Å². The van der Waals surface area contributed by atoms with Crippen molar-refractivity contribution in [2.45, 2.75) is 26.7 Å². The van der Waals surface area contributed by atoms with Crippen molar-refractivity contribution in [1.82, 2.24) is 0 Å². The zero-order valence-electron chi connectivity index (χ0n) is 13.5. The highest BCUT2D eigenvalue weighted by Gasteiger charge is 2.15. The molecule has 0 nitrogen and oxygen atoms in total. The third-order valence-corrected chi connectivity index (χ3v) is 4.07. The molecule has 0 aliphatic heterocycles. The molecule has 0 aliphatic rings. The Morgan fingerprint density at radius 2 is 1.05 bits per heavy atom. The largest absolute Gasteiger partial charge is 0.0622 e. The maximum absolute atomic E-state index is 2.32. The minimum atomic E-state index is 0.478. The lowest BCUT2D eigenvalue weighted by atomic mass is 9.84. The van der Waals surface area contributed by atoms with Gasteiger partial charge in [0.2, 0.25) is 0 Å². The van der Waals surface area contributed by atoms with Gasteiger partial charge in [-0.05, 0) is 46.2 Å². The first kappa shape index (κ1) is 14.6. The van der Waals surface area contributed by atoms with Gasteiger partial charge in [-0.15, -0.1) is 0 Å². The molecule has 3 aromatic rings. The van der Waals surface area contributed by atoms with E-state index in [0.717, 1.165) is 0 Å². The third-order valence-electron chi connectivity index (χ3n) is 4.07. The van der Waals surface area contributed by atoms with Gasteiger partial charge in [-0.3, -0.25) is 0 Å². The normalized spacial score (nSPS) is 10.9. The first-order chi connectivity index (χ1) is 10.7. The lowest BCUT2D eigenvalue weighted by Gasteiger charge is -2.20. The van der Waals surface area contributed by atoms with Gasteiger partial charge in [0, 0.05) is 0 Å². The van der Waals surface area contributed by atoms with Crippen molar-refractivity contribution in [1.29, 1.82) is 0 Å². The molecule has 110 valence electrons. The molecule has 0 heterocycles. The predicted molar refractivity (Wildman–Crippen MR) is 96.1 cm³/mol. The Morgan fingerprint density at radius 1 is 0.636 bits per heavy atom. The van der Waals surface area contributed by atoms with E-state index in [2.05, 4.69) is 93.6 Å². The number of hydrogen-bond acceptors (Lipinski definition) is 0. The van der Waals surface area contributed by atoms with E-state index in [4.69, 9.17) is 0 Å². The highest BCUT2D eigenvalue weighted by atomic mass is 14.2. The lowest BCUT2D eigenvalue weighted by molar-refractivity contribution is 0.870. The van der Waals surface area contributed by atoms with E-state index in [1.165, 1.54) is 33.4 Å². The number of hydrogen-bond donors (Lipinski definition) is 0. The molecule has 0 spiro atoms. The molecule has 0 aliphatic carbocycles. The summed E-state index contributed by atoms with van der Waals surface area (Å²) in [6, 6.07) is 26.1. The van der Waals surface area contributed by atoms with Gasteiger partial charge in [-0.1, -0.05) is 86.6 Å². The monoisotopic (exact) mass is 286 g/mol. The molecule has 0 heteroatoms. The van der Waals surface area contributed by atoms with Gasteiger partial charge in [-0.2, -0.15) is 0 Å². The fourth-order valence-corrected chi connectivity index (χ4v) is 3.13. The summed E-state index contributed by atoms with van der Waals surface area (Å²) < 4.78 is 0. The average molecular weight is 286 g/mol. The Balaban J connectivity index is 2.30. The summed E-state index contributed by atoms with van der Waals surface area (Å²) in [6.07, 6.45) is 0.